The summed E-state index contributed by atoms with van der Waals surface area (Å²) in [7, 11) is 3.01. The van der Waals surface area contributed by atoms with Gasteiger partial charge in [-0.1, -0.05) is 35.3 Å². The number of piperidine rings is 1. The Hall–Kier alpha value is -5.02. The Morgan fingerprint density at radius 2 is 1.73 bits per heavy atom. The van der Waals surface area contributed by atoms with Crippen LogP contribution < -0.4 is 20.1 Å². The fraction of sp³-hybridized carbons (Fsp3) is 0.400. The van der Waals surface area contributed by atoms with Crippen LogP contribution in [-0.4, -0.2) is 99.9 Å². The zero-order valence-corrected chi connectivity index (χ0v) is 33.8. The van der Waals surface area contributed by atoms with E-state index in [1.54, 1.807) is 59.4 Å². The molecule has 0 radical (unpaired) electrons. The summed E-state index contributed by atoms with van der Waals surface area (Å²) in [4.78, 5) is 55.9. The molecule has 1 saturated heterocycles. The van der Waals surface area contributed by atoms with Gasteiger partial charge in [-0.3, -0.25) is 19.6 Å². The summed E-state index contributed by atoms with van der Waals surface area (Å²) in [6, 6.07) is 11.9. The van der Waals surface area contributed by atoms with Gasteiger partial charge in [0.1, 0.15) is 17.0 Å². The van der Waals surface area contributed by atoms with E-state index in [4.69, 9.17) is 47.5 Å². The van der Waals surface area contributed by atoms with Crippen molar-refractivity contribution in [1.29, 1.82) is 0 Å². The van der Waals surface area contributed by atoms with Crippen molar-refractivity contribution >= 4 is 46.8 Å². The fourth-order valence-electron chi connectivity index (χ4n) is 6.30. The minimum Gasteiger partial charge on any atom is -0.496 e. The smallest absolute Gasteiger partial charge is 0.410 e. The van der Waals surface area contributed by atoms with Crippen molar-refractivity contribution in [3.8, 4) is 34.1 Å². The quantitative estimate of drug-likeness (QED) is 0.124. The van der Waals surface area contributed by atoms with Gasteiger partial charge in [0, 0.05) is 79.9 Å². The van der Waals surface area contributed by atoms with Crippen LogP contribution in [0.15, 0.2) is 54.9 Å². The number of hydrogen-bond donors (Lipinski definition) is 3. The number of carbonyl (C=O) groups excluding carboxylic acids is 3. The standard InChI is InChI=1S/C40H47Cl2N7O7/c1-24(51)48-17-13-27(14-18-48)49(39(53)56-40(2,3)4)23-25-10-11-30(47-38(25)55-6)28-12-15-44-36(35(28)42)29-8-7-9-31(34(29)41)46-37(52)32-20-33(54-5)26(22-45-32)21-43-16-19-50/h7-12,15,20,22,27,43,50H,13-14,16-19,21,23H2,1-6H3,(H,46,52). The van der Waals surface area contributed by atoms with Crippen molar-refractivity contribution in [2.45, 2.75) is 65.3 Å². The van der Waals surface area contributed by atoms with Gasteiger partial charge in [-0.15, -0.1) is 0 Å². The number of aliphatic hydroxyl groups excluding tert-OH is 1. The number of methoxy groups -OCH3 is 2. The van der Waals surface area contributed by atoms with Crippen molar-refractivity contribution in [2.75, 3.05) is 45.8 Å². The van der Waals surface area contributed by atoms with Gasteiger partial charge < -0.3 is 39.8 Å². The second-order valence-electron chi connectivity index (χ2n) is 14.1. The highest BCUT2D eigenvalue weighted by Crippen LogP contribution is 2.40. The number of amides is 3. The topological polar surface area (TPSA) is 168 Å². The number of likely N-dealkylation sites (tertiary alicyclic amines) is 1. The molecule has 5 rings (SSSR count). The number of rotatable bonds is 13. The van der Waals surface area contributed by atoms with Crippen LogP contribution in [0.2, 0.25) is 10.0 Å². The molecule has 1 fully saturated rings. The lowest BCUT2D eigenvalue weighted by atomic mass is 10.0. The number of ether oxygens (including phenoxy) is 3. The van der Waals surface area contributed by atoms with E-state index in [1.807, 2.05) is 26.8 Å². The normalized spacial score (nSPS) is 13.3. The number of aromatic nitrogens is 3. The molecule has 3 amide bonds. The molecular weight excluding hydrogens is 761 g/mol. The highest BCUT2D eigenvalue weighted by Gasteiger charge is 2.33. The number of nitrogens with one attached hydrogen (secondary N) is 2. The van der Waals surface area contributed by atoms with Crippen molar-refractivity contribution in [2.24, 2.45) is 0 Å². The lowest BCUT2D eigenvalue weighted by Gasteiger charge is -2.39. The zero-order chi connectivity index (χ0) is 40.6. The van der Waals surface area contributed by atoms with Gasteiger partial charge in [0.15, 0.2) is 0 Å². The van der Waals surface area contributed by atoms with Crippen LogP contribution in [0.25, 0.3) is 22.5 Å². The van der Waals surface area contributed by atoms with Crippen molar-refractivity contribution in [1.82, 2.24) is 30.1 Å². The predicted molar refractivity (Wildman–Crippen MR) is 214 cm³/mol. The molecule has 14 nitrogen and oxygen atoms in total. The minimum absolute atomic E-state index is 0.00878. The highest BCUT2D eigenvalue weighted by molar-refractivity contribution is 6.39. The molecule has 1 aliphatic heterocycles. The third-order valence-corrected chi connectivity index (χ3v) is 9.91. The van der Waals surface area contributed by atoms with Crippen LogP contribution >= 0.6 is 23.2 Å². The van der Waals surface area contributed by atoms with Crippen LogP contribution in [0.4, 0.5) is 10.5 Å². The number of benzene rings is 1. The van der Waals surface area contributed by atoms with Gasteiger partial charge in [0.25, 0.3) is 5.91 Å². The molecule has 1 aliphatic rings. The van der Waals surface area contributed by atoms with E-state index in [1.165, 1.54) is 20.3 Å². The Morgan fingerprint density at radius 1 is 0.982 bits per heavy atom. The maximum atomic E-state index is 13.5. The minimum atomic E-state index is -0.706. The third-order valence-electron chi connectivity index (χ3n) is 9.12. The molecule has 0 aliphatic carbocycles. The Balaban J connectivity index is 1.39. The van der Waals surface area contributed by atoms with Crippen LogP contribution in [0.3, 0.4) is 0 Å². The molecule has 0 unspecified atom stereocenters. The molecular formula is C40H47Cl2N7O7. The van der Waals surface area contributed by atoms with E-state index >= 15 is 0 Å². The first-order valence-electron chi connectivity index (χ1n) is 18.1. The Kier molecular flexibility index (Phi) is 14.1. The number of aliphatic hydroxyl groups is 1. The third kappa shape index (κ3) is 10.2. The van der Waals surface area contributed by atoms with E-state index in [2.05, 4.69) is 20.6 Å². The van der Waals surface area contributed by atoms with Crippen LogP contribution in [0, 0.1) is 0 Å². The first kappa shape index (κ1) is 42.1. The van der Waals surface area contributed by atoms with E-state index in [0.29, 0.717) is 84.4 Å². The van der Waals surface area contributed by atoms with E-state index < -0.39 is 17.6 Å². The largest absolute Gasteiger partial charge is 0.496 e. The molecule has 4 heterocycles. The summed E-state index contributed by atoms with van der Waals surface area (Å²) >= 11 is 13.9. The summed E-state index contributed by atoms with van der Waals surface area (Å²) in [5, 5.41) is 15.4. The molecule has 298 valence electrons. The maximum absolute atomic E-state index is 13.5. The summed E-state index contributed by atoms with van der Waals surface area (Å²) in [6.07, 6.45) is 3.89. The number of halogens is 2. The summed E-state index contributed by atoms with van der Waals surface area (Å²) < 4.78 is 17.0. The van der Waals surface area contributed by atoms with Gasteiger partial charge >= 0.3 is 6.09 Å². The van der Waals surface area contributed by atoms with Gasteiger partial charge in [0.2, 0.25) is 11.8 Å². The van der Waals surface area contributed by atoms with Crippen LogP contribution in [0.1, 0.15) is 62.2 Å². The molecule has 3 N–H and O–H groups in total. The first-order chi connectivity index (χ1) is 26.7. The summed E-state index contributed by atoms with van der Waals surface area (Å²) in [5.74, 6) is 0.269. The lowest BCUT2D eigenvalue weighted by molar-refractivity contribution is -0.130. The van der Waals surface area contributed by atoms with Gasteiger partial charge in [0.05, 0.1) is 54.5 Å². The number of anilines is 1. The second kappa shape index (κ2) is 18.7. The highest BCUT2D eigenvalue weighted by atomic mass is 35.5. The number of nitrogens with zero attached hydrogens (tertiary/aromatic N) is 5. The van der Waals surface area contributed by atoms with Crippen molar-refractivity contribution < 1.29 is 33.7 Å². The second-order valence-corrected chi connectivity index (χ2v) is 14.9. The van der Waals surface area contributed by atoms with Crippen molar-refractivity contribution in [3.63, 3.8) is 0 Å². The predicted octanol–water partition coefficient (Wildman–Crippen LogP) is 6.61. The monoisotopic (exact) mass is 807 g/mol. The zero-order valence-electron chi connectivity index (χ0n) is 32.3. The van der Waals surface area contributed by atoms with Gasteiger partial charge in [-0.05, 0) is 57.9 Å². The van der Waals surface area contributed by atoms with Crippen LogP contribution in [0.5, 0.6) is 11.6 Å². The number of hydrogen-bond acceptors (Lipinski definition) is 11. The molecule has 0 spiro atoms. The summed E-state index contributed by atoms with van der Waals surface area (Å²) in [5.41, 5.74) is 3.00. The SMILES string of the molecule is COc1cc(C(=O)Nc2cccc(-c3nccc(-c4ccc(CN(C(=O)OC(C)(C)C)C5CCN(C(C)=O)CC5)c(OC)n4)c3Cl)c2Cl)ncc1CNCCO. The van der Waals surface area contributed by atoms with Crippen LogP contribution in [-0.2, 0) is 22.6 Å². The van der Waals surface area contributed by atoms with Crippen molar-refractivity contribution in [3.05, 3.63) is 81.7 Å². The molecule has 4 aromatic rings. The van der Waals surface area contributed by atoms with Gasteiger partial charge in [-0.2, -0.15) is 0 Å². The Morgan fingerprint density at radius 3 is 2.39 bits per heavy atom. The van der Waals surface area contributed by atoms with E-state index in [0.717, 1.165) is 5.56 Å². The summed E-state index contributed by atoms with van der Waals surface area (Å²) in [6.45, 7) is 9.07. The Labute approximate surface area is 336 Å². The van der Waals surface area contributed by atoms with Gasteiger partial charge in [-0.25, -0.2) is 9.78 Å². The average Bonchev–Trinajstić information content (AvgIpc) is 3.17. The maximum Gasteiger partial charge on any atom is 0.410 e. The number of pyridine rings is 3. The first-order valence-corrected chi connectivity index (χ1v) is 18.9. The van der Waals surface area contributed by atoms with E-state index in [9.17, 15) is 14.4 Å². The van der Waals surface area contributed by atoms with E-state index in [-0.39, 0.29) is 40.8 Å². The molecule has 3 aromatic heterocycles. The molecule has 1 aromatic carbocycles. The molecule has 0 atom stereocenters. The molecule has 0 saturated carbocycles. The molecule has 0 bridgehead atoms. The lowest BCUT2D eigenvalue weighted by Crippen LogP contribution is -2.49. The fourth-order valence-corrected chi connectivity index (χ4v) is 6.87. The molecule has 56 heavy (non-hydrogen) atoms. The average molecular weight is 809 g/mol. The number of carbonyl (C=O) groups is 3. The molecule has 16 heteroatoms. The Bertz CT molecular complexity index is 2050.